The Bertz CT molecular complexity index is 594. The molecule has 0 heterocycles. The smallest absolute Gasteiger partial charge is 0.137 e. The van der Waals surface area contributed by atoms with Gasteiger partial charge in [-0.1, -0.05) is 29.3 Å². The second-order valence-corrected chi connectivity index (χ2v) is 4.65. The molecular formula is C14H13ClO3. The molecule has 0 atom stereocenters. The molecule has 0 bridgehead atoms. The Morgan fingerprint density at radius 3 is 2.28 bits per heavy atom. The molecule has 94 valence electrons. The van der Waals surface area contributed by atoms with Crippen molar-refractivity contribution in [1.82, 2.24) is 0 Å². The summed E-state index contributed by atoms with van der Waals surface area (Å²) in [6.45, 7) is 1.92. The van der Waals surface area contributed by atoms with E-state index >= 15 is 0 Å². The van der Waals surface area contributed by atoms with Gasteiger partial charge in [0.1, 0.15) is 17.2 Å². The molecule has 0 spiro atoms. The van der Waals surface area contributed by atoms with Crippen LogP contribution in [-0.4, -0.2) is 15.3 Å². The molecule has 4 heteroatoms. The van der Waals surface area contributed by atoms with Gasteiger partial charge in [0.25, 0.3) is 0 Å². The van der Waals surface area contributed by atoms with Gasteiger partial charge in [-0.05, 0) is 24.6 Å². The summed E-state index contributed by atoms with van der Waals surface area (Å²) >= 11 is 5.80. The Morgan fingerprint density at radius 1 is 0.889 bits per heavy atom. The second kappa shape index (κ2) is 4.78. The van der Waals surface area contributed by atoms with E-state index in [1.165, 1.54) is 12.1 Å². The van der Waals surface area contributed by atoms with Gasteiger partial charge in [0, 0.05) is 18.1 Å². The third-order valence-corrected chi connectivity index (χ3v) is 3.07. The van der Waals surface area contributed by atoms with Gasteiger partial charge in [0.05, 0.1) is 5.02 Å². The molecule has 0 fully saturated rings. The predicted octanol–water partition coefficient (Wildman–Crippen LogP) is 3.36. The van der Waals surface area contributed by atoms with Gasteiger partial charge >= 0.3 is 0 Å². The lowest BCUT2D eigenvalue weighted by Crippen LogP contribution is -1.91. The maximum atomic E-state index is 9.75. The second-order valence-electron chi connectivity index (χ2n) is 4.24. The average Bonchev–Trinajstić information content (AvgIpc) is 2.30. The Hall–Kier alpha value is -1.87. The molecule has 0 amide bonds. The van der Waals surface area contributed by atoms with Crippen LogP contribution in [0.4, 0.5) is 0 Å². The van der Waals surface area contributed by atoms with Crippen LogP contribution in [0.2, 0.25) is 5.02 Å². The van der Waals surface area contributed by atoms with Crippen LogP contribution in [0.5, 0.6) is 17.2 Å². The summed E-state index contributed by atoms with van der Waals surface area (Å²) in [6, 6.07) is 7.96. The summed E-state index contributed by atoms with van der Waals surface area (Å²) in [5.74, 6) is -0.0339. The molecule has 2 aromatic rings. The number of benzene rings is 2. The fraction of sp³-hybridized carbons (Fsp3) is 0.143. The van der Waals surface area contributed by atoms with E-state index in [0.29, 0.717) is 17.5 Å². The molecular weight excluding hydrogens is 252 g/mol. The number of hydrogen-bond acceptors (Lipinski definition) is 3. The highest BCUT2D eigenvalue weighted by atomic mass is 35.5. The molecule has 2 rings (SSSR count). The highest BCUT2D eigenvalue weighted by Gasteiger charge is 2.10. The van der Waals surface area contributed by atoms with Gasteiger partial charge in [0.2, 0.25) is 0 Å². The molecule has 3 N–H and O–H groups in total. The van der Waals surface area contributed by atoms with Crippen molar-refractivity contribution in [3.8, 4) is 17.2 Å². The number of phenols is 3. The van der Waals surface area contributed by atoms with Crippen molar-refractivity contribution in [2.75, 3.05) is 0 Å². The summed E-state index contributed by atoms with van der Waals surface area (Å²) in [4.78, 5) is 0. The number of aromatic hydroxyl groups is 3. The zero-order valence-corrected chi connectivity index (χ0v) is 10.6. The number of aryl methyl sites for hydroxylation is 1. The first-order chi connectivity index (χ1) is 8.47. The predicted molar refractivity (Wildman–Crippen MR) is 70.4 cm³/mol. The van der Waals surface area contributed by atoms with Gasteiger partial charge < -0.3 is 15.3 Å². The van der Waals surface area contributed by atoms with Crippen molar-refractivity contribution in [2.45, 2.75) is 13.3 Å². The number of hydrogen-bond donors (Lipinski definition) is 3. The van der Waals surface area contributed by atoms with E-state index in [1.807, 2.05) is 19.1 Å². The summed E-state index contributed by atoms with van der Waals surface area (Å²) in [7, 11) is 0. The zero-order valence-electron chi connectivity index (χ0n) is 9.81. The third kappa shape index (κ3) is 2.51. The van der Waals surface area contributed by atoms with Crippen molar-refractivity contribution < 1.29 is 15.3 Å². The van der Waals surface area contributed by atoms with Crippen LogP contribution in [-0.2, 0) is 6.42 Å². The van der Waals surface area contributed by atoms with E-state index in [2.05, 4.69) is 0 Å². The van der Waals surface area contributed by atoms with Crippen LogP contribution < -0.4 is 0 Å². The van der Waals surface area contributed by atoms with E-state index in [4.69, 9.17) is 11.6 Å². The minimum atomic E-state index is -0.161. The van der Waals surface area contributed by atoms with E-state index in [1.54, 1.807) is 6.07 Å². The molecule has 0 aliphatic heterocycles. The summed E-state index contributed by atoms with van der Waals surface area (Å²) in [5.41, 5.74) is 2.28. The van der Waals surface area contributed by atoms with E-state index in [0.717, 1.165) is 5.56 Å². The van der Waals surface area contributed by atoms with Crippen LogP contribution in [0.1, 0.15) is 16.7 Å². The number of phenolic OH excluding ortho intramolecular Hbond substituents is 3. The Kier molecular flexibility index (Phi) is 3.34. The number of rotatable bonds is 2. The molecule has 2 aromatic carbocycles. The monoisotopic (exact) mass is 264 g/mol. The highest BCUT2D eigenvalue weighted by Crippen LogP contribution is 2.33. The zero-order chi connectivity index (χ0) is 13.3. The van der Waals surface area contributed by atoms with E-state index in [-0.39, 0.29) is 22.3 Å². The van der Waals surface area contributed by atoms with Crippen LogP contribution in [0.15, 0.2) is 30.3 Å². The Labute approximate surface area is 110 Å². The molecule has 3 nitrogen and oxygen atoms in total. The van der Waals surface area contributed by atoms with Gasteiger partial charge in [-0.15, -0.1) is 0 Å². The number of halogens is 1. The molecule has 18 heavy (non-hydrogen) atoms. The molecule has 0 unspecified atom stereocenters. The third-order valence-electron chi connectivity index (χ3n) is 2.76. The Morgan fingerprint density at radius 2 is 1.56 bits per heavy atom. The van der Waals surface area contributed by atoms with Gasteiger partial charge in [-0.25, -0.2) is 0 Å². The van der Waals surface area contributed by atoms with Crippen molar-refractivity contribution in [3.63, 3.8) is 0 Å². The first-order valence-electron chi connectivity index (χ1n) is 5.46. The fourth-order valence-corrected chi connectivity index (χ4v) is 1.98. The maximum Gasteiger partial charge on any atom is 0.137 e. The van der Waals surface area contributed by atoms with Gasteiger partial charge in [-0.3, -0.25) is 0 Å². The minimum absolute atomic E-state index is 0.0437. The van der Waals surface area contributed by atoms with Gasteiger partial charge in [-0.2, -0.15) is 0 Å². The quantitative estimate of drug-likeness (QED) is 0.779. The van der Waals surface area contributed by atoms with Crippen molar-refractivity contribution in [3.05, 3.63) is 52.0 Å². The van der Waals surface area contributed by atoms with Crippen LogP contribution in [0.25, 0.3) is 0 Å². The average molecular weight is 265 g/mol. The van der Waals surface area contributed by atoms with Gasteiger partial charge in [0.15, 0.2) is 0 Å². The first kappa shape index (κ1) is 12.6. The summed E-state index contributed by atoms with van der Waals surface area (Å²) in [6.07, 6.45) is 0.347. The van der Waals surface area contributed by atoms with Crippen LogP contribution in [0.3, 0.4) is 0 Å². The fourth-order valence-electron chi connectivity index (χ4n) is 1.79. The van der Waals surface area contributed by atoms with E-state index in [9.17, 15) is 15.3 Å². The molecule has 0 radical (unpaired) electrons. The standard InChI is InChI=1S/C14H13ClO3/c1-8-2-3-12(16)9(4-8)5-10-6-11(15)14(18)7-13(10)17/h2-4,6-7,16-18H,5H2,1H3. The normalized spacial score (nSPS) is 10.6. The van der Waals surface area contributed by atoms with Crippen molar-refractivity contribution in [2.24, 2.45) is 0 Å². The lowest BCUT2D eigenvalue weighted by molar-refractivity contribution is 0.446. The molecule has 0 aliphatic rings. The summed E-state index contributed by atoms with van der Waals surface area (Å²) < 4.78 is 0. The highest BCUT2D eigenvalue weighted by molar-refractivity contribution is 6.32. The topological polar surface area (TPSA) is 60.7 Å². The minimum Gasteiger partial charge on any atom is -0.508 e. The Balaban J connectivity index is 2.40. The van der Waals surface area contributed by atoms with E-state index < -0.39 is 0 Å². The van der Waals surface area contributed by atoms with Crippen molar-refractivity contribution >= 4 is 11.6 Å². The molecule has 0 aliphatic carbocycles. The first-order valence-corrected chi connectivity index (χ1v) is 5.84. The largest absolute Gasteiger partial charge is 0.508 e. The molecule has 0 aromatic heterocycles. The summed E-state index contributed by atoms with van der Waals surface area (Å²) in [5, 5.41) is 29.0. The molecule has 0 saturated carbocycles. The maximum absolute atomic E-state index is 9.75. The van der Waals surface area contributed by atoms with Crippen molar-refractivity contribution in [1.29, 1.82) is 0 Å². The molecule has 0 saturated heterocycles. The lowest BCUT2D eigenvalue weighted by Gasteiger charge is -2.09. The van der Waals surface area contributed by atoms with Crippen LogP contribution >= 0.6 is 11.6 Å². The lowest BCUT2D eigenvalue weighted by atomic mass is 10.0. The SMILES string of the molecule is Cc1ccc(O)c(Cc2cc(Cl)c(O)cc2O)c1. The van der Waals surface area contributed by atoms with Crippen LogP contribution in [0, 0.1) is 6.92 Å².